The number of fused-ring (bicyclic) bond motifs is 2. The first kappa shape index (κ1) is 10.5. The van der Waals surface area contributed by atoms with Gasteiger partial charge in [-0.05, 0) is 30.2 Å². The first-order valence-corrected chi connectivity index (χ1v) is 6.15. The molecule has 0 N–H and O–H groups in total. The molecule has 84 valence electrons. The average molecular weight is 242 g/mol. The molecule has 0 spiro atoms. The number of halogens is 1. The first-order valence-electron chi connectivity index (χ1n) is 5.77. The van der Waals surface area contributed by atoms with E-state index in [1.165, 1.54) is 10.9 Å². The maximum Gasteiger partial charge on any atom is 0.0727 e. The Balaban J connectivity index is 2.59. The minimum Gasteiger partial charge on any atom is -0.248 e. The number of benzene rings is 2. The van der Waals surface area contributed by atoms with Crippen LogP contribution in [0.25, 0.3) is 21.8 Å². The fourth-order valence-corrected chi connectivity index (χ4v) is 2.65. The Morgan fingerprint density at radius 1 is 1.00 bits per heavy atom. The van der Waals surface area contributed by atoms with Crippen LogP contribution in [-0.2, 0) is 6.42 Å². The van der Waals surface area contributed by atoms with E-state index >= 15 is 0 Å². The Labute approximate surface area is 105 Å². The van der Waals surface area contributed by atoms with Crippen molar-refractivity contribution in [1.29, 1.82) is 0 Å². The second-order valence-corrected chi connectivity index (χ2v) is 4.50. The number of para-hydroxylation sites is 1. The van der Waals surface area contributed by atoms with Crippen LogP contribution in [0.4, 0.5) is 0 Å². The molecule has 0 aliphatic heterocycles. The van der Waals surface area contributed by atoms with Gasteiger partial charge in [0.1, 0.15) is 0 Å². The van der Waals surface area contributed by atoms with Gasteiger partial charge in [0.05, 0.1) is 16.1 Å². The molecule has 0 aliphatic rings. The molecule has 2 heteroatoms. The van der Waals surface area contributed by atoms with Gasteiger partial charge in [-0.25, -0.2) is 4.98 Å². The lowest BCUT2D eigenvalue weighted by molar-refractivity contribution is 1.17. The van der Waals surface area contributed by atoms with Crippen molar-refractivity contribution < 1.29 is 0 Å². The summed E-state index contributed by atoms with van der Waals surface area (Å²) in [5, 5.41) is 3.09. The van der Waals surface area contributed by atoms with E-state index in [2.05, 4.69) is 24.0 Å². The third-order valence-corrected chi connectivity index (χ3v) is 3.43. The van der Waals surface area contributed by atoms with Crippen LogP contribution < -0.4 is 0 Å². The number of aromatic nitrogens is 1. The summed E-state index contributed by atoms with van der Waals surface area (Å²) in [6, 6.07) is 14.1. The van der Waals surface area contributed by atoms with Crippen molar-refractivity contribution in [2.75, 3.05) is 0 Å². The fourth-order valence-electron chi connectivity index (χ4n) is 2.36. The second-order valence-electron chi connectivity index (χ2n) is 4.10. The SMILES string of the molecule is CCc1c2ccccc2nc2cccc(Cl)c12. The van der Waals surface area contributed by atoms with Crippen molar-refractivity contribution in [2.45, 2.75) is 13.3 Å². The van der Waals surface area contributed by atoms with Gasteiger partial charge in [0.25, 0.3) is 0 Å². The van der Waals surface area contributed by atoms with Crippen molar-refractivity contribution in [2.24, 2.45) is 0 Å². The lowest BCUT2D eigenvalue weighted by atomic mass is 10.0. The first-order chi connectivity index (χ1) is 8.31. The molecule has 0 amide bonds. The van der Waals surface area contributed by atoms with Gasteiger partial charge in [-0.1, -0.05) is 42.8 Å². The minimum absolute atomic E-state index is 0.789. The highest BCUT2D eigenvalue weighted by Crippen LogP contribution is 2.31. The maximum absolute atomic E-state index is 6.30. The zero-order valence-electron chi connectivity index (χ0n) is 9.57. The molecule has 0 aliphatic carbocycles. The van der Waals surface area contributed by atoms with Gasteiger partial charge in [-0.15, -0.1) is 0 Å². The molecule has 2 aromatic carbocycles. The normalized spacial score (nSPS) is 11.2. The van der Waals surface area contributed by atoms with Crippen LogP contribution >= 0.6 is 11.6 Å². The van der Waals surface area contributed by atoms with E-state index in [4.69, 9.17) is 11.6 Å². The van der Waals surface area contributed by atoms with Gasteiger partial charge in [0.2, 0.25) is 0 Å². The van der Waals surface area contributed by atoms with Gasteiger partial charge in [-0.2, -0.15) is 0 Å². The highest BCUT2D eigenvalue weighted by Gasteiger charge is 2.09. The Hall–Kier alpha value is -1.60. The highest BCUT2D eigenvalue weighted by atomic mass is 35.5. The van der Waals surface area contributed by atoms with E-state index in [1.54, 1.807) is 0 Å². The summed E-state index contributed by atoms with van der Waals surface area (Å²) in [6.45, 7) is 2.16. The minimum atomic E-state index is 0.789. The molecule has 3 rings (SSSR count). The number of pyridine rings is 1. The van der Waals surface area contributed by atoms with E-state index in [-0.39, 0.29) is 0 Å². The Morgan fingerprint density at radius 3 is 2.59 bits per heavy atom. The third kappa shape index (κ3) is 1.58. The molecular weight excluding hydrogens is 230 g/mol. The zero-order chi connectivity index (χ0) is 11.8. The van der Waals surface area contributed by atoms with Crippen molar-refractivity contribution in [3.63, 3.8) is 0 Å². The topological polar surface area (TPSA) is 12.9 Å². The van der Waals surface area contributed by atoms with Crippen molar-refractivity contribution in [3.05, 3.63) is 53.1 Å². The Morgan fingerprint density at radius 2 is 1.76 bits per heavy atom. The summed E-state index contributed by atoms with van der Waals surface area (Å²) in [5.74, 6) is 0. The number of rotatable bonds is 1. The molecule has 0 saturated heterocycles. The van der Waals surface area contributed by atoms with Gasteiger partial charge in [-0.3, -0.25) is 0 Å². The Kier molecular flexibility index (Phi) is 2.49. The maximum atomic E-state index is 6.30. The predicted molar refractivity (Wildman–Crippen MR) is 73.6 cm³/mol. The fraction of sp³-hybridized carbons (Fsp3) is 0.133. The summed E-state index contributed by atoms with van der Waals surface area (Å²) < 4.78 is 0. The van der Waals surface area contributed by atoms with E-state index in [0.717, 1.165) is 27.9 Å². The second kappa shape index (κ2) is 4.01. The molecule has 1 nitrogen and oxygen atoms in total. The van der Waals surface area contributed by atoms with Crippen LogP contribution in [0.15, 0.2) is 42.5 Å². The quantitative estimate of drug-likeness (QED) is 0.567. The third-order valence-electron chi connectivity index (χ3n) is 3.12. The van der Waals surface area contributed by atoms with Crippen molar-refractivity contribution in [1.82, 2.24) is 4.98 Å². The molecule has 1 heterocycles. The van der Waals surface area contributed by atoms with Crippen LogP contribution in [0.2, 0.25) is 5.02 Å². The lowest BCUT2D eigenvalue weighted by Crippen LogP contribution is -1.91. The summed E-state index contributed by atoms with van der Waals surface area (Å²) >= 11 is 6.30. The molecule has 0 saturated carbocycles. The summed E-state index contributed by atoms with van der Waals surface area (Å²) in [7, 11) is 0. The Bertz CT molecular complexity index is 704. The van der Waals surface area contributed by atoms with Crippen LogP contribution in [0.3, 0.4) is 0 Å². The van der Waals surface area contributed by atoms with E-state index < -0.39 is 0 Å². The zero-order valence-corrected chi connectivity index (χ0v) is 10.3. The van der Waals surface area contributed by atoms with E-state index in [0.29, 0.717) is 0 Å². The van der Waals surface area contributed by atoms with E-state index in [1.807, 2.05) is 30.3 Å². The van der Waals surface area contributed by atoms with Gasteiger partial charge >= 0.3 is 0 Å². The summed E-state index contributed by atoms with van der Waals surface area (Å²) in [4.78, 5) is 4.66. The molecule has 0 bridgehead atoms. The van der Waals surface area contributed by atoms with Crippen LogP contribution in [-0.4, -0.2) is 4.98 Å². The highest BCUT2D eigenvalue weighted by molar-refractivity contribution is 6.36. The van der Waals surface area contributed by atoms with Crippen LogP contribution in [0.1, 0.15) is 12.5 Å². The van der Waals surface area contributed by atoms with E-state index in [9.17, 15) is 0 Å². The molecule has 3 aromatic rings. The smallest absolute Gasteiger partial charge is 0.0727 e. The van der Waals surface area contributed by atoms with Crippen LogP contribution in [0, 0.1) is 0 Å². The van der Waals surface area contributed by atoms with Crippen LogP contribution in [0.5, 0.6) is 0 Å². The average Bonchev–Trinajstić information content (AvgIpc) is 2.36. The molecule has 0 unspecified atom stereocenters. The predicted octanol–water partition coefficient (Wildman–Crippen LogP) is 4.60. The van der Waals surface area contributed by atoms with Crippen molar-refractivity contribution in [3.8, 4) is 0 Å². The number of nitrogens with zero attached hydrogens (tertiary/aromatic N) is 1. The molecular formula is C15H12ClN. The van der Waals surface area contributed by atoms with Gasteiger partial charge in [0.15, 0.2) is 0 Å². The molecule has 0 radical (unpaired) electrons. The number of hydrogen-bond acceptors (Lipinski definition) is 1. The molecule has 0 fully saturated rings. The molecule has 0 atom stereocenters. The van der Waals surface area contributed by atoms with Crippen molar-refractivity contribution >= 4 is 33.4 Å². The standard InChI is InChI=1S/C15H12ClN/c1-2-10-11-6-3-4-8-13(11)17-14-9-5-7-12(16)15(10)14/h3-9H,2H2,1H3. The lowest BCUT2D eigenvalue weighted by Gasteiger charge is -2.10. The van der Waals surface area contributed by atoms with Gasteiger partial charge in [0, 0.05) is 10.8 Å². The van der Waals surface area contributed by atoms with Gasteiger partial charge < -0.3 is 0 Å². The monoisotopic (exact) mass is 241 g/mol. The largest absolute Gasteiger partial charge is 0.248 e. The summed E-state index contributed by atoms with van der Waals surface area (Å²) in [6.07, 6.45) is 0.962. The number of hydrogen-bond donors (Lipinski definition) is 0. The number of aryl methyl sites for hydroxylation is 1. The molecule has 17 heavy (non-hydrogen) atoms. The molecule has 1 aromatic heterocycles. The summed E-state index contributed by atoms with van der Waals surface area (Å²) in [5.41, 5.74) is 3.31.